The molecule has 1 aliphatic rings. The van der Waals surface area contributed by atoms with Crippen molar-refractivity contribution in [2.75, 3.05) is 19.6 Å². The summed E-state index contributed by atoms with van der Waals surface area (Å²) in [5.74, 6) is -0.662. The smallest absolute Gasteiger partial charge is 0.309 e. The van der Waals surface area contributed by atoms with E-state index < -0.39 is 11.4 Å². The molecule has 1 heterocycles. The first kappa shape index (κ1) is 12.0. The minimum absolute atomic E-state index is 0.511. The fourth-order valence-corrected chi connectivity index (χ4v) is 2.13. The summed E-state index contributed by atoms with van der Waals surface area (Å²) in [4.78, 5) is 13.3. The summed E-state index contributed by atoms with van der Waals surface area (Å²) in [5.41, 5.74) is -0.511. The Balaban J connectivity index is 2.47. The molecule has 15 heavy (non-hydrogen) atoms. The Bertz CT molecular complexity index is 262. The summed E-state index contributed by atoms with van der Waals surface area (Å²) >= 11 is 0. The van der Waals surface area contributed by atoms with E-state index in [1.165, 1.54) is 0 Å². The average Bonchev–Trinajstić information content (AvgIpc) is 2.27. The number of likely N-dealkylation sites (tertiary alicyclic amines) is 1. The number of rotatable bonds is 4. The molecule has 1 rings (SSSR count). The van der Waals surface area contributed by atoms with Crippen LogP contribution in [0.25, 0.3) is 0 Å². The fourth-order valence-electron chi connectivity index (χ4n) is 2.13. The maximum Gasteiger partial charge on any atom is 0.309 e. The maximum absolute atomic E-state index is 11.2. The van der Waals surface area contributed by atoms with Gasteiger partial charge >= 0.3 is 5.97 Å². The van der Waals surface area contributed by atoms with Crippen molar-refractivity contribution < 1.29 is 9.90 Å². The summed E-state index contributed by atoms with van der Waals surface area (Å²) < 4.78 is 0. The molecule has 1 saturated heterocycles. The highest BCUT2D eigenvalue weighted by molar-refractivity contribution is 5.74. The molecule has 4 nitrogen and oxygen atoms in total. The second kappa shape index (κ2) is 5.13. The van der Waals surface area contributed by atoms with Gasteiger partial charge in [0.2, 0.25) is 0 Å². The Morgan fingerprint density at radius 3 is 2.53 bits per heavy atom. The van der Waals surface area contributed by atoms with Crippen molar-refractivity contribution in [2.24, 2.45) is 5.41 Å². The minimum Gasteiger partial charge on any atom is -0.481 e. The van der Waals surface area contributed by atoms with Crippen LogP contribution in [0.1, 0.15) is 32.6 Å². The molecule has 0 radical (unpaired) electrons. The van der Waals surface area contributed by atoms with E-state index in [4.69, 9.17) is 5.26 Å². The second-order valence-corrected chi connectivity index (χ2v) is 4.19. The zero-order chi connectivity index (χ0) is 11.3. The number of aliphatic carboxylic acids is 1. The first-order chi connectivity index (χ1) is 7.14. The van der Waals surface area contributed by atoms with Crippen LogP contribution < -0.4 is 0 Å². The molecule has 0 saturated carbocycles. The fraction of sp³-hybridized carbons (Fsp3) is 0.818. The third-order valence-electron chi connectivity index (χ3n) is 3.48. The van der Waals surface area contributed by atoms with Crippen LogP contribution in [0, 0.1) is 16.7 Å². The highest BCUT2D eigenvalue weighted by atomic mass is 16.4. The number of piperidine rings is 1. The van der Waals surface area contributed by atoms with Crippen molar-refractivity contribution in [3.8, 4) is 6.07 Å². The van der Waals surface area contributed by atoms with E-state index in [0.717, 1.165) is 19.6 Å². The lowest BCUT2D eigenvalue weighted by Crippen LogP contribution is -2.44. The van der Waals surface area contributed by atoms with E-state index in [9.17, 15) is 9.90 Å². The Morgan fingerprint density at radius 1 is 1.53 bits per heavy atom. The minimum atomic E-state index is -0.662. The van der Waals surface area contributed by atoms with E-state index >= 15 is 0 Å². The number of carboxylic acids is 1. The van der Waals surface area contributed by atoms with Crippen molar-refractivity contribution in [2.45, 2.75) is 32.6 Å². The molecular formula is C11H18N2O2. The molecule has 1 aliphatic heterocycles. The van der Waals surface area contributed by atoms with Gasteiger partial charge in [-0.2, -0.15) is 5.26 Å². The predicted molar refractivity (Wildman–Crippen MR) is 56.3 cm³/mol. The molecule has 0 amide bonds. The van der Waals surface area contributed by atoms with E-state index in [2.05, 4.69) is 11.0 Å². The molecule has 0 aromatic carbocycles. The molecule has 84 valence electrons. The molecule has 1 N–H and O–H groups in total. The third kappa shape index (κ3) is 2.69. The molecular weight excluding hydrogens is 192 g/mol. The lowest BCUT2D eigenvalue weighted by molar-refractivity contribution is -0.152. The van der Waals surface area contributed by atoms with Crippen molar-refractivity contribution in [1.29, 1.82) is 5.26 Å². The van der Waals surface area contributed by atoms with Crippen molar-refractivity contribution in [3.05, 3.63) is 0 Å². The van der Waals surface area contributed by atoms with Gasteiger partial charge < -0.3 is 10.0 Å². The zero-order valence-electron chi connectivity index (χ0n) is 9.20. The van der Waals surface area contributed by atoms with Crippen molar-refractivity contribution in [1.82, 2.24) is 4.90 Å². The highest BCUT2D eigenvalue weighted by Gasteiger charge is 2.39. The van der Waals surface area contributed by atoms with Gasteiger partial charge in [0.1, 0.15) is 0 Å². The molecule has 0 aromatic heterocycles. The van der Waals surface area contributed by atoms with E-state index in [1.807, 2.05) is 6.92 Å². The molecule has 0 bridgehead atoms. The molecule has 0 aliphatic carbocycles. The van der Waals surface area contributed by atoms with Gasteiger partial charge in [0.15, 0.2) is 0 Å². The van der Waals surface area contributed by atoms with Crippen LogP contribution in [0.4, 0.5) is 0 Å². The SMILES string of the molecule is CCC1(C(=O)O)CCN(CCC#N)CC1. The van der Waals surface area contributed by atoms with Crippen molar-refractivity contribution in [3.63, 3.8) is 0 Å². The predicted octanol–water partition coefficient (Wildman–Crippen LogP) is 1.48. The largest absolute Gasteiger partial charge is 0.481 e. The zero-order valence-corrected chi connectivity index (χ0v) is 9.20. The molecule has 0 atom stereocenters. The normalized spacial score (nSPS) is 20.8. The Hall–Kier alpha value is -1.08. The number of carboxylic acid groups (broad SMARTS) is 1. The Kier molecular flexibility index (Phi) is 4.10. The summed E-state index contributed by atoms with van der Waals surface area (Å²) in [5, 5.41) is 17.6. The van der Waals surface area contributed by atoms with Crippen LogP contribution in [0.2, 0.25) is 0 Å². The molecule has 0 unspecified atom stereocenters. The van der Waals surface area contributed by atoms with Gasteiger partial charge in [-0.25, -0.2) is 0 Å². The van der Waals surface area contributed by atoms with Gasteiger partial charge in [-0.3, -0.25) is 4.79 Å². The average molecular weight is 210 g/mol. The van der Waals surface area contributed by atoms with Gasteiger partial charge in [-0.05, 0) is 32.4 Å². The van der Waals surface area contributed by atoms with Gasteiger partial charge in [0.05, 0.1) is 11.5 Å². The van der Waals surface area contributed by atoms with Crippen LogP contribution in [-0.2, 0) is 4.79 Å². The first-order valence-electron chi connectivity index (χ1n) is 5.47. The number of nitriles is 1. The van der Waals surface area contributed by atoms with E-state index in [1.54, 1.807) is 0 Å². The summed E-state index contributed by atoms with van der Waals surface area (Å²) in [7, 11) is 0. The standard InChI is InChI=1S/C11H18N2O2/c1-2-11(10(14)15)4-8-13(9-5-11)7-3-6-12/h2-5,7-9H2,1H3,(H,14,15). The molecule has 0 aromatic rings. The molecule has 4 heteroatoms. The number of carbonyl (C=O) groups is 1. The lowest BCUT2D eigenvalue weighted by atomic mass is 9.76. The van der Waals surface area contributed by atoms with Gasteiger partial charge in [-0.15, -0.1) is 0 Å². The second-order valence-electron chi connectivity index (χ2n) is 4.19. The molecule has 0 spiro atoms. The van der Waals surface area contributed by atoms with Gasteiger partial charge in [0, 0.05) is 13.0 Å². The quantitative estimate of drug-likeness (QED) is 0.763. The Morgan fingerprint density at radius 2 is 2.13 bits per heavy atom. The van der Waals surface area contributed by atoms with Crippen molar-refractivity contribution >= 4 is 5.97 Å². The molecule has 1 fully saturated rings. The first-order valence-corrected chi connectivity index (χ1v) is 5.47. The van der Waals surface area contributed by atoms with Crippen LogP contribution in [0.15, 0.2) is 0 Å². The van der Waals surface area contributed by atoms with Gasteiger partial charge in [-0.1, -0.05) is 6.92 Å². The number of hydrogen-bond donors (Lipinski definition) is 1. The lowest BCUT2D eigenvalue weighted by Gasteiger charge is -2.38. The third-order valence-corrected chi connectivity index (χ3v) is 3.48. The summed E-state index contributed by atoms with van der Waals surface area (Å²) in [6, 6.07) is 2.11. The monoisotopic (exact) mass is 210 g/mol. The van der Waals surface area contributed by atoms with Crippen LogP contribution in [-0.4, -0.2) is 35.6 Å². The Labute approximate surface area is 90.5 Å². The number of hydrogen-bond acceptors (Lipinski definition) is 3. The van der Waals surface area contributed by atoms with Crippen LogP contribution in [0.5, 0.6) is 0 Å². The van der Waals surface area contributed by atoms with E-state index in [-0.39, 0.29) is 0 Å². The van der Waals surface area contributed by atoms with Crippen LogP contribution >= 0.6 is 0 Å². The summed E-state index contributed by atoms with van der Waals surface area (Å²) in [6.07, 6.45) is 2.66. The van der Waals surface area contributed by atoms with Gasteiger partial charge in [0.25, 0.3) is 0 Å². The summed E-state index contributed by atoms with van der Waals surface area (Å²) in [6.45, 7) is 4.33. The number of nitrogens with zero attached hydrogens (tertiary/aromatic N) is 2. The van der Waals surface area contributed by atoms with E-state index in [0.29, 0.717) is 25.7 Å². The highest BCUT2D eigenvalue weighted by Crippen LogP contribution is 2.34. The van der Waals surface area contributed by atoms with Crippen LogP contribution in [0.3, 0.4) is 0 Å². The topological polar surface area (TPSA) is 64.3 Å². The maximum atomic E-state index is 11.2.